The van der Waals surface area contributed by atoms with Gasteiger partial charge in [-0.05, 0) is 18.2 Å². The summed E-state index contributed by atoms with van der Waals surface area (Å²) in [6.45, 7) is 0. The molecule has 0 heterocycles. The smallest absolute Gasteiger partial charge is 0.131 e. The molecule has 2 N–H and O–H groups in total. The van der Waals surface area contributed by atoms with Crippen molar-refractivity contribution >= 4 is 5.94 Å². The molecule has 0 aromatic rings. The molecule has 1 unspecified atom stereocenters. The number of hydrogen-bond acceptors (Lipinski definition) is 3. The fraction of sp³-hybridized carbons (Fsp3) is 0.143. The van der Waals surface area contributed by atoms with Gasteiger partial charge in [0.2, 0.25) is 0 Å². The highest BCUT2D eigenvalue weighted by Crippen LogP contribution is 2.11. The molecular formula is C7H6O3. The van der Waals surface area contributed by atoms with E-state index in [-0.39, 0.29) is 11.3 Å². The Bertz CT molecular complexity index is 244. The zero-order valence-corrected chi connectivity index (χ0v) is 5.11. The van der Waals surface area contributed by atoms with Crippen LogP contribution in [0.5, 0.6) is 0 Å². The fourth-order valence-corrected chi connectivity index (χ4v) is 0.676. The monoisotopic (exact) mass is 138 g/mol. The van der Waals surface area contributed by atoms with Crippen LogP contribution in [0.2, 0.25) is 0 Å². The molecule has 0 aromatic heterocycles. The van der Waals surface area contributed by atoms with Gasteiger partial charge in [-0.1, -0.05) is 0 Å². The normalized spacial score (nSPS) is 23.9. The molecule has 0 fully saturated rings. The van der Waals surface area contributed by atoms with Gasteiger partial charge in [-0.25, -0.2) is 4.79 Å². The summed E-state index contributed by atoms with van der Waals surface area (Å²) in [5.41, 5.74) is 0.0556. The molecule has 1 atom stereocenters. The van der Waals surface area contributed by atoms with Gasteiger partial charge in [0.15, 0.2) is 0 Å². The Morgan fingerprint density at radius 2 is 2.30 bits per heavy atom. The van der Waals surface area contributed by atoms with Crippen LogP contribution in [-0.2, 0) is 4.79 Å². The first-order chi connectivity index (χ1) is 4.74. The molecule has 0 amide bonds. The zero-order valence-electron chi connectivity index (χ0n) is 5.11. The van der Waals surface area contributed by atoms with E-state index in [1.807, 2.05) is 0 Å². The van der Waals surface area contributed by atoms with Crippen molar-refractivity contribution in [2.24, 2.45) is 0 Å². The van der Waals surface area contributed by atoms with Crippen LogP contribution in [0.3, 0.4) is 0 Å². The highest BCUT2D eigenvalue weighted by Gasteiger charge is 2.10. The molecule has 1 aliphatic carbocycles. The van der Waals surface area contributed by atoms with Crippen LogP contribution in [0.15, 0.2) is 29.6 Å². The average molecular weight is 138 g/mol. The van der Waals surface area contributed by atoms with Crippen LogP contribution < -0.4 is 0 Å². The van der Waals surface area contributed by atoms with Crippen LogP contribution in [-0.4, -0.2) is 22.3 Å². The largest absolute Gasteiger partial charge is 0.508 e. The minimum absolute atomic E-state index is 0.0383. The number of rotatable bonds is 0. The van der Waals surface area contributed by atoms with Crippen LogP contribution in [0.25, 0.3) is 0 Å². The predicted octanol–water partition coefficient (Wildman–Crippen LogP) is 0.117. The van der Waals surface area contributed by atoms with E-state index in [1.54, 1.807) is 0 Å². The van der Waals surface area contributed by atoms with Crippen LogP contribution in [0.4, 0.5) is 0 Å². The van der Waals surface area contributed by atoms with Gasteiger partial charge < -0.3 is 10.2 Å². The third-order valence-corrected chi connectivity index (χ3v) is 1.19. The van der Waals surface area contributed by atoms with Gasteiger partial charge in [0.1, 0.15) is 17.8 Å². The van der Waals surface area contributed by atoms with E-state index < -0.39 is 6.10 Å². The Hall–Kier alpha value is -1.31. The van der Waals surface area contributed by atoms with Crippen LogP contribution in [0.1, 0.15) is 0 Å². The molecule has 0 aliphatic heterocycles. The molecule has 0 bridgehead atoms. The lowest BCUT2D eigenvalue weighted by molar-refractivity contribution is 0.260. The molecule has 1 aliphatic rings. The Morgan fingerprint density at radius 1 is 1.60 bits per heavy atom. The maximum atomic E-state index is 10.0. The Balaban J connectivity index is 2.98. The summed E-state index contributed by atoms with van der Waals surface area (Å²) < 4.78 is 0. The van der Waals surface area contributed by atoms with Gasteiger partial charge in [0, 0.05) is 0 Å². The minimum Gasteiger partial charge on any atom is -0.508 e. The standard InChI is InChI=1S/C7H6O3/c8-4-5-3-6(9)1-2-7(5)10/h1-3,7,9-10H. The molecule has 0 saturated carbocycles. The number of allylic oxidation sites excluding steroid dienone is 1. The van der Waals surface area contributed by atoms with Gasteiger partial charge in [-0.2, -0.15) is 0 Å². The topological polar surface area (TPSA) is 57.5 Å². The quantitative estimate of drug-likeness (QED) is 0.467. The van der Waals surface area contributed by atoms with E-state index in [4.69, 9.17) is 10.2 Å². The van der Waals surface area contributed by atoms with Crippen molar-refractivity contribution in [2.75, 3.05) is 0 Å². The van der Waals surface area contributed by atoms with E-state index in [2.05, 4.69) is 0 Å². The Morgan fingerprint density at radius 3 is 2.80 bits per heavy atom. The molecule has 3 nitrogen and oxygen atoms in total. The lowest BCUT2D eigenvalue weighted by Gasteiger charge is -2.06. The van der Waals surface area contributed by atoms with Crippen molar-refractivity contribution in [1.29, 1.82) is 0 Å². The van der Waals surface area contributed by atoms with Crippen molar-refractivity contribution < 1.29 is 15.0 Å². The predicted molar refractivity (Wildman–Crippen MR) is 35.1 cm³/mol. The second-order valence-corrected chi connectivity index (χ2v) is 1.93. The van der Waals surface area contributed by atoms with Crippen LogP contribution in [0, 0.1) is 0 Å². The Kier molecular flexibility index (Phi) is 1.71. The molecule has 0 radical (unpaired) electrons. The SMILES string of the molecule is O=C=C1C=C(O)C=CC1O. The maximum Gasteiger partial charge on any atom is 0.131 e. The molecule has 3 heteroatoms. The molecule has 52 valence electrons. The molecule has 0 aromatic carbocycles. The van der Waals surface area contributed by atoms with Crippen molar-refractivity contribution in [3.8, 4) is 0 Å². The summed E-state index contributed by atoms with van der Waals surface area (Å²) in [6, 6.07) is 0. The maximum absolute atomic E-state index is 10.0. The second-order valence-electron chi connectivity index (χ2n) is 1.93. The first-order valence-corrected chi connectivity index (χ1v) is 2.76. The first kappa shape index (κ1) is 6.81. The van der Waals surface area contributed by atoms with Crippen molar-refractivity contribution in [2.45, 2.75) is 6.10 Å². The molecular weight excluding hydrogens is 132 g/mol. The third kappa shape index (κ3) is 1.16. The van der Waals surface area contributed by atoms with Gasteiger partial charge in [-0.15, -0.1) is 0 Å². The molecule has 10 heavy (non-hydrogen) atoms. The van der Waals surface area contributed by atoms with Gasteiger partial charge in [0.25, 0.3) is 0 Å². The van der Waals surface area contributed by atoms with Gasteiger partial charge in [-0.3, -0.25) is 0 Å². The summed E-state index contributed by atoms with van der Waals surface area (Å²) in [5.74, 6) is 1.47. The average Bonchev–Trinajstić information content (AvgIpc) is 1.94. The fourth-order valence-electron chi connectivity index (χ4n) is 0.676. The van der Waals surface area contributed by atoms with E-state index in [9.17, 15) is 4.79 Å². The van der Waals surface area contributed by atoms with E-state index in [0.717, 1.165) is 0 Å². The summed E-state index contributed by atoms with van der Waals surface area (Å²) >= 11 is 0. The molecule has 0 saturated heterocycles. The van der Waals surface area contributed by atoms with Gasteiger partial charge >= 0.3 is 0 Å². The van der Waals surface area contributed by atoms with Crippen molar-refractivity contribution in [3.05, 3.63) is 29.6 Å². The summed E-state index contributed by atoms with van der Waals surface area (Å²) in [4.78, 5) is 10.0. The lowest BCUT2D eigenvalue weighted by atomic mass is 10.1. The highest BCUT2D eigenvalue weighted by molar-refractivity contribution is 5.62. The minimum atomic E-state index is -0.923. The zero-order chi connectivity index (χ0) is 7.56. The van der Waals surface area contributed by atoms with Gasteiger partial charge in [0.05, 0.1) is 5.57 Å². The second kappa shape index (κ2) is 2.52. The van der Waals surface area contributed by atoms with E-state index >= 15 is 0 Å². The summed E-state index contributed by atoms with van der Waals surface area (Å²) in [5, 5.41) is 17.7. The lowest BCUT2D eigenvalue weighted by Crippen LogP contribution is -2.09. The van der Waals surface area contributed by atoms with E-state index in [0.29, 0.717) is 0 Å². The summed E-state index contributed by atoms with van der Waals surface area (Å²) in [6.07, 6.45) is 2.90. The number of carbonyl (C=O) groups excluding carboxylic acids is 1. The summed E-state index contributed by atoms with van der Waals surface area (Å²) in [7, 11) is 0. The van der Waals surface area contributed by atoms with Crippen molar-refractivity contribution in [3.63, 3.8) is 0 Å². The van der Waals surface area contributed by atoms with Crippen molar-refractivity contribution in [1.82, 2.24) is 0 Å². The highest BCUT2D eigenvalue weighted by atomic mass is 16.3. The third-order valence-electron chi connectivity index (χ3n) is 1.19. The number of aliphatic hydroxyl groups is 2. The number of hydrogen-bond donors (Lipinski definition) is 2. The molecule has 1 rings (SSSR count). The number of aliphatic hydroxyl groups excluding tert-OH is 2. The molecule has 0 spiro atoms. The Labute approximate surface area is 57.6 Å². The first-order valence-electron chi connectivity index (χ1n) is 2.76. The van der Waals surface area contributed by atoms with E-state index in [1.165, 1.54) is 24.2 Å². The van der Waals surface area contributed by atoms with Crippen LogP contribution >= 0.6 is 0 Å².